The maximum Gasteiger partial charge on any atom is 0.256 e. The Morgan fingerprint density at radius 2 is 1.83 bits per heavy atom. The van der Waals surface area contributed by atoms with Gasteiger partial charge in [-0.1, -0.05) is 48.0 Å². The third-order valence-corrected chi connectivity index (χ3v) is 4.91. The SMILES string of the molecule is Cc1cc(NCCCc2ccccc2)n2nc(Nc3cc(Cl)ccc3C)nc2n1. The zero-order valence-corrected chi connectivity index (χ0v) is 17.2. The van der Waals surface area contributed by atoms with Gasteiger partial charge in [0.15, 0.2) is 0 Å². The zero-order valence-electron chi connectivity index (χ0n) is 16.5. The van der Waals surface area contributed by atoms with Crippen LogP contribution in [0.1, 0.15) is 23.2 Å². The van der Waals surface area contributed by atoms with Crippen LogP contribution in [0.3, 0.4) is 0 Å². The molecule has 0 unspecified atom stereocenters. The van der Waals surface area contributed by atoms with E-state index in [4.69, 9.17) is 11.6 Å². The molecule has 4 rings (SSSR count). The highest BCUT2D eigenvalue weighted by Crippen LogP contribution is 2.23. The zero-order chi connectivity index (χ0) is 20.2. The molecule has 0 amide bonds. The molecule has 6 nitrogen and oxygen atoms in total. The van der Waals surface area contributed by atoms with Crippen LogP contribution in [-0.4, -0.2) is 26.1 Å². The summed E-state index contributed by atoms with van der Waals surface area (Å²) in [7, 11) is 0. The van der Waals surface area contributed by atoms with E-state index in [2.05, 4.69) is 50.0 Å². The number of fused-ring (bicyclic) bond motifs is 1. The first-order valence-electron chi connectivity index (χ1n) is 9.64. The number of anilines is 3. The number of nitrogens with one attached hydrogen (secondary N) is 2. The first kappa shape index (κ1) is 19.2. The standard InChI is InChI=1S/C22H23ClN6/c1-15-10-11-18(23)14-19(15)26-21-27-22-25-16(2)13-20(29(22)28-21)24-12-6-9-17-7-4-3-5-8-17/h3-5,7-8,10-11,13-14,24H,6,9,12H2,1-2H3,(H,26,28). The molecule has 2 aromatic carbocycles. The molecule has 4 aromatic rings. The van der Waals surface area contributed by atoms with Crippen molar-refractivity contribution in [2.24, 2.45) is 0 Å². The number of benzene rings is 2. The summed E-state index contributed by atoms with van der Waals surface area (Å²) in [6.07, 6.45) is 2.05. The second kappa shape index (κ2) is 8.49. The molecule has 0 saturated heterocycles. The lowest BCUT2D eigenvalue weighted by Crippen LogP contribution is -2.09. The molecule has 2 heterocycles. The van der Waals surface area contributed by atoms with Gasteiger partial charge in [0.2, 0.25) is 5.95 Å². The number of hydrogen-bond acceptors (Lipinski definition) is 5. The van der Waals surface area contributed by atoms with Crippen molar-refractivity contribution in [3.63, 3.8) is 0 Å². The number of aryl methyl sites for hydroxylation is 3. The number of halogens is 1. The second-order valence-electron chi connectivity index (χ2n) is 7.03. The molecule has 0 fully saturated rings. The molecule has 29 heavy (non-hydrogen) atoms. The minimum Gasteiger partial charge on any atom is -0.370 e. The van der Waals surface area contributed by atoms with E-state index in [0.29, 0.717) is 16.7 Å². The van der Waals surface area contributed by atoms with Crippen molar-refractivity contribution >= 4 is 34.8 Å². The van der Waals surface area contributed by atoms with E-state index < -0.39 is 0 Å². The van der Waals surface area contributed by atoms with E-state index in [-0.39, 0.29) is 0 Å². The van der Waals surface area contributed by atoms with Gasteiger partial charge in [0, 0.05) is 29.0 Å². The predicted molar refractivity (Wildman–Crippen MR) is 118 cm³/mol. The molecule has 0 radical (unpaired) electrons. The monoisotopic (exact) mass is 406 g/mol. The molecule has 0 aliphatic heterocycles. The van der Waals surface area contributed by atoms with Crippen LogP contribution in [0, 0.1) is 13.8 Å². The van der Waals surface area contributed by atoms with E-state index in [1.165, 1.54) is 5.56 Å². The first-order chi connectivity index (χ1) is 14.1. The molecule has 7 heteroatoms. The van der Waals surface area contributed by atoms with Crippen molar-refractivity contribution in [2.75, 3.05) is 17.2 Å². The van der Waals surface area contributed by atoms with Gasteiger partial charge >= 0.3 is 0 Å². The Morgan fingerprint density at radius 1 is 1.00 bits per heavy atom. The lowest BCUT2D eigenvalue weighted by molar-refractivity contribution is 0.841. The molecule has 0 saturated carbocycles. The van der Waals surface area contributed by atoms with Crippen LogP contribution in [0.15, 0.2) is 54.6 Å². The normalized spacial score (nSPS) is 11.0. The summed E-state index contributed by atoms with van der Waals surface area (Å²) in [6, 6.07) is 18.2. The number of rotatable bonds is 7. The summed E-state index contributed by atoms with van der Waals surface area (Å²) < 4.78 is 1.73. The van der Waals surface area contributed by atoms with Gasteiger partial charge in [-0.15, -0.1) is 5.10 Å². The largest absolute Gasteiger partial charge is 0.370 e. The average Bonchev–Trinajstić information content (AvgIpc) is 3.11. The van der Waals surface area contributed by atoms with Crippen LogP contribution < -0.4 is 10.6 Å². The van der Waals surface area contributed by atoms with Crippen molar-refractivity contribution in [3.05, 3.63) is 76.4 Å². The second-order valence-corrected chi connectivity index (χ2v) is 7.47. The Balaban J connectivity index is 1.49. The Labute approximate surface area is 175 Å². The lowest BCUT2D eigenvalue weighted by Gasteiger charge is -2.08. The average molecular weight is 407 g/mol. The summed E-state index contributed by atoms with van der Waals surface area (Å²) in [5.41, 5.74) is 4.18. The lowest BCUT2D eigenvalue weighted by atomic mass is 10.1. The maximum absolute atomic E-state index is 6.11. The molecule has 0 atom stereocenters. The van der Waals surface area contributed by atoms with Crippen molar-refractivity contribution < 1.29 is 0 Å². The van der Waals surface area contributed by atoms with Gasteiger partial charge in [0.25, 0.3) is 5.78 Å². The van der Waals surface area contributed by atoms with Crippen molar-refractivity contribution in [3.8, 4) is 0 Å². The topological polar surface area (TPSA) is 67.1 Å². The molecule has 0 spiro atoms. The predicted octanol–water partition coefficient (Wildman–Crippen LogP) is 5.18. The van der Waals surface area contributed by atoms with Gasteiger partial charge < -0.3 is 10.6 Å². The third kappa shape index (κ3) is 4.66. The van der Waals surface area contributed by atoms with Crippen molar-refractivity contribution in [2.45, 2.75) is 26.7 Å². The van der Waals surface area contributed by atoms with Crippen LogP contribution in [0.2, 0.25) is 5.02 Å². The fourth-order valence-corrected chi connectivity index (χ4v) is 3.34. The Hall–Kier alpha value is -3.12. The van der Waals surface area contributed by atoms with Gasteiger partial charge in [-0.25, -0.2) is 4.98 Å². The van der Waals surface area contributed by atoms with E-state index >= 15 is 0 Å². The fraction of sp³-hybridized carbons (Fsp3) is 0.227. The highest BCUT2D eigenvalue weighted by atomic mass is 35.5. The van der Waals surface area contributed by atoms with Crippen LogP contribution in [0.4, 0.5) is 17.5 Å². The van der Waals surface area contributed by atoms with Crippen LogP contribution in [0.5, 0.6) is 0 Å². The molecular formula is C22H23ClN6. The minimum absolute atomic E-state index is 0.487. The smallest absolute Gasteiger partial charge is 0.256 e. The number of hydrogen-bond donors (Lipinski definition) is 2. The molecule has 2 N–H and O–H groups in total. The van der Waals surface area contributed by atoms with Crippen LogP contribution in [0.25, 0.3) is 5.78 Å². The molecule has 0 bridgehead atoms. The van der Waals surface area contributed by atoms with E-state index in [0.717, 1.165) is 42.1 Å². The van der Waals surface area contributed by atoms with Gasteiger partial charge in [-0.05, 0) is 49.9 Å². The first-order valence-corrected chi connectivity index (χ1v) is 10.0. The van der Waals surface area contributed by atoms with Gasteiger partial charge in [0.1, 0.15) is 5.82 Å². The quantitative estimate of drug-likeness (QED) is 0.414. The summed E-state index contributed by atoms with van der Waals surface area (Å²) >= 11 is 6.11. The van der Waals surface area contributed by atoms with Crippen LogP contribution in [-0.2, 0) is 6.42 Å². The summed E-state index contributed by atoms with van der Waals surface area (Å²) in [4.78, 5) is 9.02. The third-order valence-electron chi connectivity index (χ3n) is 4.68. The molecule has 0 aliphatic carbocycles. The molecule has 2 aromatic heterocycles. The molecular weight excluding hydrogens is 384 g/mol. The minimum atomic E-state index is 0.487. The van der Waals surface area contributed by atoms with E-state index in [9.17, 15) is 0 Å². The highest BCUT2D eigenvalue weighted by Gasteiger charge is 2.11. The number of nitrogens with zero attached hydrogens (tertiary/aromatic N) is 4. The summed E-state index contributed by atoms with van der Waals surface area (Å²) in [6.45, 7) is 4.80. The number of aromatic nitrogens is 4. The Bertz CT molecular complexity index is 1120. The van der Waals surface area contributed by atoms with Crippen LogP contribution >= 0.6 is 11.6 Å². The van der Waals surface area contributed by atoms with Gasteiger partial charge in [-0.3, -0.25) is 0 Å². The van der Waals surface area contributed by atoms with Gasteiger partial charge in [0.05, 0.1) is 0 Å². The molecule has 148 valence electrons. The van der Waals surface area contributed by atoms with Crippen molar-refractivity contribution in [1.82, 2.24) is 19.6 Å². The van der Waals surface area contributed by atoms with Gasteiger partial charge in [-0.2, -0.15) is 9.50 Å². The maximum atomic E-state index is 6.11. The highest BCUT2D eigenvalue weighted by molar-refractivity contribution is 6.30. The Kier molecular flexibility index (Phi) is 5.62. The summed E-state index contributed by atoms with van der Waals surface area (Å²) in [5, 5.41) is 12.0. The van der Waals surface area contributed by atoms with E-state index in [1.54, 1.807) is 4.52 Å². The summed E-state index contributed by atoms with van der Waals surface area (Å²) in [5.74, 6) is 1.92. The van der Waals surface area contributed by atoms with Crippen molar-refractivity contribution in [1.29, 1.82) is 0 Å². The van der Waals surface area contributed by atoms with E-state index in [1.807, 2.05) is 44.2 Å². The molecule has 0 aliphatic rings. The fourth-order valence-electron chi connectivity index (χ4n) is 3.17. The Morgan fingerprint density at radius 3 is 2.66 bits per heavy atom.